The molecule has 2 aliphatic heterocycles. The molecule has 2 N–H and O–H groups in total. The second-order valence-corrected chi connectivity index (χ2v) is 8.97. The molecule has 1 atom stereocenters. The lowest BCUT2D eigenvalue weighted by molar-refractivity contribution is -0.438. The fourth-order valence-electron chi connectivity index (χ4n) is 4.04. The van der Waals surface area contributed by atoms with Crippen molar-refractivity contribution >= 4 is 29.0 Å². The Morgan fingerprint density at radius 1 is 1.03 bits per heavy atom. The predicted molar refractivity (Wildman–Crippen MR) is 135 cm³/mol. The van der Waals surface area contributed by atoms with E-state index in [1.807, 2.05) is 0 Å². The third-order valence-corrected chi connectivity index (χ3v) is 6.15. The van der Waals surface area contributed by atoms with Gasteiger partial charge in [-0.2, -0.15) is 0 Å². The summed E-state index contributed by atoms with van der Waals surface area (Å²) in [6.45, 7) is 2.03. The SMILES string of the molecule is O=[N+]([O-])/C(=C1/NCCN1Cc1ccc(Cl)nc1)C(O)/C=C(\C1=NCCN1Cc1ccc(Cl)nc1)[N+](=O)[O-]. The van der Waals surface area contributed by atoms with E-state index in [4.69, 9.17) is 23.2 Å². The minimum absolute atomic E-state index is 0.0233. The maximum Gasteiger partial charge on any atom is 0.318 e. The molecule has 4 heterocycles. The van der Waals surface area contributed by atoms with Gasteiger partial charge in [0.1, 0.15) is 10.3 Å². The van der Waals surface area contributed by atoms with Crippen LogP contribution in [0, 0.1) is 20.2 Å². The minimum Gasteiger partial charge on any atom is -0.377 e. The molecule has 0 bridgehead atoms. The molecule has 1 fully saturated rings. The van der Waals surface area contributed by atoms with E-state index in [0.29, 0.717) is 36.5 Å². The van der Waals surface area contributed by atoms with Crippen LogP contribution in [0.15, 0.2) is 64.9 Å². The summed E-state index contributed by atoms with van der Waals surface area (Å²) in [6.07, 6.45) is 2.07. The van der Waals surface area contributed by atoms with Crippen molar-refractivity contribution in [1.82, 2.24) is 25.1 Å². The first-order valence-electron chi connectivity index (χ1n) is 11.1. The molecule has 4 rings (SSSR count). The number of amidine groups is 1. The summed E-state index contributed by atoms with van der Waals surface area (Å²) < 4.78 is 0. The lowest BCUT2D eigenvalue weighted by Gasteiger charge is -2.20. The molecule has 194 valence electrons. The maximum absolute atomic E-state index is 12.0. The Morgan fingerprint density at radius 3 is 2.19 bits per heavy atom. The molecule has 0 aromatic carbocycles. The fraction of sp³-hybridized carbons (Fsp3) is 0.318. The standard InChI is InChI=1S/C22H22Cl2N8O5/c23-18-3-1-14(10-27-18)12-29-7-5-25-21(29)16(31(34)35)9-17(33)20(32(36)37)22-26-6-8-30(22)13-15-2-4-19(24)28-11-15/h1-4,9-11,17,26,33H,5-8,12-13H2/b16-9+,22-20-. The average Bonchev–Trinajstić information content (AvgIpc) is 3.50. The van der Waals surface area contributed by atoms with Crippen molar-refractivity contribution in [2.45, 2.75) is 19.2 Å². The lowest BCUT2D eigenvalue weighted by atomic mass is 10.1. The van der Waals surface area contributed by atoms with Gasteiger partial charge in [-0.25, -0.2) is 9.97 Å². The van der Waals surface area contributed by atoms with E-state index in [0.717, 1.165) is 17.2 Å². The zero-order valence-corrected chi connectivity index (χ0v) is 20.8. The molecule has 2 aromatic rings. The number of aliphatic imine (C=N–C) groups is 1. The van der Waals surface area contributed by atoms with Gasteiger partial charge in [-0.05, 0) is 23.3 Å². The number of pyridine rings is 2. The van der Waals surface area contributed by atoms with Crippen LogP contribution in [0.25, 0.3) is 0 Å². The molecule has 37 heavy (non-hydrogen) atoms. The number of aromatic nitrogens is 2. The highest BCUT2D eigenvalue weighted by atomic mass is 35.5. The second kappa shape index (κ2) is 11.5. The third kappa shape index (κ3) is 6.31. The number of aliphatic hydroxyl groups is 1. The van der Waals surface area contributed by atoms with Crippen molar-refractivity contribution in [3.63, 3.8) is 0 Å². The van der Waals surface area contributed by atoms with Crippen LogP contribution in [0.5, 0.6) is 0 Å². The number of hydrogen-bond donors (Lipinski definition) is 2. The molecule has 0 saturated carbocycles. The Morgan fingerprint density at radius 2 is 1.65 bits per heavy atom. The Kier molecular flexibility index (Phi) is 8.16. The van der Waals surface area contributed by atoms with Crippen LogP contribution in [0.3, 0.4) is 0 Å². The Balaban J connectivity index is 1.61. The first kappa shape index (κ1) is 26.3. The molecular formula is C22H22Cl2N8O5. The van der Waals surface area contributed by atoms with Gasteiger partial charge in [-0.15, -0.1) is 0 Å². The van der Waals surface area contributed by atoms with Crippen molar-refractivity contribution in [2.75, 3.05) is 26.2 Å². The summed E-state index contributed by atoms with van der Waals surface area (Å²) in [4.78, 5) is 38.1. The monoisotopic (exact) mass is 548 g/mol. The molecule has 0 aliphatic carbocycles. The number of halogens is 2. The normalized spacial score (nSPS) is 17.9. The molecular weight excluding hydrogens is 527 g/mol. The van der Waals surface area contributed by atoms with Gasteiger partial charge in [0.05, 0.1) is 16.4 Å². The van der Waals surface area contributed by atoms with Crippen LogP contribution in [-0.4, -0.2) is 72.8 Å². The van der Waals surface area contributed by atoms with Crippen LogP contribution in [0.4, 0.5) is 0 Å². The number of aliphatic hydroxyl groups excluding tert-OH is 1. The van der Waals surface area contributed by atoms with E-state index in [1.54, 1.807) is 46.5 Å². The van der Waals surface area contributed by atoms with Gasteiger partial charge < -0.3 is 20.2 Å². The molecule has 2 aromatic heterocycles. The van der Waals surface area contributed by atoms with Crippen LogP contribution in [-0.2, 0) is 13.1 Å². The van der Waals surface area contributed by atoms with Gasteiger partial charge in [0, 0.05) is 51.2 Å². The van der Waals surface area contributed by atoms with Gasteiger partial charge >= 0.3 is 11.4 Å². The molecule has 1 saturated heterocycles. The first-order valence-corrected chi connectivity index (χ1v) is 11.9. The van der Waals surface area contributed by atoms with E-state index in [9.17, 15) is 25.3 Å². The number of hydrogen-bond acceptors (Lipinski definition) is 11. The summed E-state index contributed by atoms with van der Waals surface area (Å²) in [5.41, 5.74) is 0.360. The van der Waals surface area contributed by atoms with Crippen molar-refractivity contribution in [3.05, 3.63) is 102 Å². The van der Waals surface area contributed by atoms with Crippen molar-refractivity contribution < 1.29 is 15.0 Å². The van der Waals surface area contributed by atoms with Crippen LogP contribution in [0.2, 0.25) is 10.3 Å². The van der Waals surface area contributed by atoms with Gasteiger partial charge in [0.25, 0.3) is 0 Å². The zero-order chi connectivity index (χ0) is 26.5. The smallest absolute Gasteiger partial charge is 0.318 e. The third-order valence-electron chi connectivity index (χ3n) is 5.71. The van der Waals surface area contributed by atoms with Gasteiger partial charge in [-0.3, -0.25) is 25.2 Å². The summed E-state index contributed by atoms with van der Waals surface area (Å²) in [5, 5.41) is 38.4. The van der Waals surface area contributed by atoms with Gasteiger partial charge in [0.15, 0.2) is 11.9 Å². The molecule has 1 unspecified atom stereocenters. The first-order chi connectivity index (χ1) is 17.7. The summed E-state index contributed by atoms with van der Waals surface area (Å²) in [5.74, 6) is 0.0963. The van der Waals surface area contributed by atoms with E-state index in [-0.39, 0.29) is 24.7 Å². The van der Waals surface area contributed by atoms with Crippen molar-refractivity contribution in [1.29, 1.82) is 0 Å². The second-order valence-electron chi connectivity index (χ2n) is 8.20. The van der Waals surface area contributed by atoms with E-state index < -0.39 is 27.3 Å². The Hall–Kier alpha value is -3.81. The number of nitro groups is 2. The summed E-state index contributed by atoms with van der Waals surface area (Å²) in [7, 11) is 0. The van der Waals surface area contributed by atoms with Crippen LogP contribution in [0.1, 0.15) is 11.1 Å². The molecule has 13 nitrogen and oxygen atoms in total. The largest absolute Gasteiger partial charge is 0.377 e. The highest BCUT2D eigenvalue weighted by Crippen LogP contribution is 2.23. The summed E-state index contributed by atoms with van der Waals surface area (Å²) >= 11 is 11.7. The average molecular weight is 549 g/mol. The highest BCUT2D eigenvalue weighted by molar-refractivity contribution is 6.29. The maximum atomic E-state index is 12.0. The Labute approximate surface area is 221 Å². The predicted octanol–water partition coefficient (Wildman–Crippen LogP) is 2.07. The van der Waals surface area contributed by atoms with Gasteiger partial charge in [-0.1, -0.05) is 35.3 Å². The fourth-order valence-corrected chi connectivity index (χ4v) is 4.27. The molecule has 0 spiro atoms. The van der Waals surface area contributed by atoms with E-state index in [1.165, 1.54) is 0 Å². The van der Waals surface area contributed by atoms with Crippen LogP contribution >= 0.6 is 23.2 Å². The lowest BCUT2D eigenvalue weighted by Crippen LogP contribution is -2.33. The number of nitrogens with zero attached hydrogens (tertiary/aromatic N) is 7. The van der Waals surface area contributed by atoms with Crippen molar-refractivity contribution in [2.24, 2.45) is 4.99 Å². The highest BCUT2D eigenvalue weighted by Gasteiger charge is 2.36. The molecule has 15 heteroatoms. The van der Waals surface area contributed by atoms with E-state index >= 15 is 0 Å². The van der Waals surface area contributed by atoms with E-state index in [2.05, 4.69) is 20.3 Å². The molecule has 0 radical (unpaired) electrons. The number of nitrogens with one attached hydrogen (secondary N) is 1. The molecule has 2 aliphatic rings. The van der Waals surface area contributed by atoms with Crippen LogP contribution < -0.4 is 5.32 Å². The minimum atomic E-state index is -1.89. The van der Waals surface area contributed by atoms with Crippen molar-refractivity contribution in [3.8, 4) is 0 Å². The number of rotatable bonds is 9. The topological polar surface area (TPSA) is 163 Å². The quantitative estimate of drug-likeness (QED) is 0.269. The van der Waals surface area contributed by atoms with Gasteiger partial charge in [0.2, 0.25) is 5.84 Å². The zero-order valence-electron chi connectivity index (χ0n) is 19.3. The Bertz CT molecular complexity index is 1270. The molecule has 0 amide bonds. The summed E-state index contributed by atoms with van der Waals surface area (Å²) in [6, 6.07) is 6.68.